The second kappa shape index (κ2) is 4.96. The molecule has 1 aromatic rings. The third-order valence-corrected chi connectivity index (χ3v) is 2.36. The van der Waals surface area contributed by atoms with Gasteiger partial charge in [0.1, 0.15) is 0 Å². The van der Waals surface area contributed by atoms with Crippen LogP contribution < -0.4 is 5.73 Å². The van der Waals surface area contributed by atoms with E-state index in [0.717, 1.165) is 12.2 Å². The second-order valence-electron chi connectivity index (χ2n) is 3.65. The third kappa shape index (κ3) is 2.45. The monoisotopic (exact) mass is 193 g/mol. The fourth-order valence-electron chi connectivity index (χ4n) is 1.38. The van der Waals surface area contributed by atoms with Crippen LogP contribution in [-0.4, -0.2) is 16.3 Å². The number of nitrogens with two attached hydrogens (primary N) is 1. The summed E-state index contributed by atoms with van der Waals surface area (Å²) in [5.74, 6) is 0.500. The Kier molecular flexibility index (Phi) is 3.89. The lowest BCUT2D eigenvalue weighted by Gasteiger charge is -2.09. The van der Waals surface area contributed by atoms with Crippen LogP contribution in [0, 0.1) is 5.92 Å². The fraction of sp³-hybridized carbons (Fsp3) is 0.545. The van der Waals surface area contributed by atoms with Crippen molar-refractivity contribution >= 4 is 6.08 Å². The first-order valence-electron chi connectivity index (χ1n) is 5.11. The Morgan fingerprint density at radius 2 is 2.36 bits per heavy atom. The van der Waals surface area contributed by atoms with Gasteiger partial charge in [-0.25, -0.2) is 0 Å². The van der Waals surface area contributed by atoms with E-state index in [1.165, 1.54) is 5.57 Å². The molecule has 1 aromatic heterocycles. The molecule has 0 unspecified atom stereocenters. The van der Waals surface area contributed by atoms with Crippen molar-refractivity contribution in [2.75, 3.05) is 6.54 Å². The van der Waals surface area contributed by atoms with Crippen LogP contribution >= 0.6 is 0 Å². The van der Waals surface area contributed by atoms with Gasteiger partial charge in [0.2, 0.25) is 0 Å². The Bertz CT molecular complexity index is 310. The van der Waals surface area contributed by atoms with Gasteiger partial charge in [-0.1, -0.05) is 19.4 Å². The minimum absolute atomic E-state index is 0.500. The van der Waals surface area contributed by atoms with Gasteiger partial charge in [-0.05, 0) is 25.0 Å². The topological polar surface area (TPSA) is 43.8 Å². The molecule has 0 spiro atoms. The maximum atomic E-state index is 5.68. The average molecular weight is 193 g/mol. The van der Waals surface area contributed by atoms with Crippen molar-refractivity contribution in [1.29, 1.82) is 0 Å². The van der Waals surface area contributed by atoms with Gasteiger partial charge in [0.05, 0.1) is 5.69 Å². The molecule has 0 aromatic carbocycles. The van der Waals surface area contributed by atoms with Crippen molar-refractivity contribution in [3.8, 4) is 0 Å². The van der Waals surface area contributed by atoms with E-state index < -0.39 is 0 Å². The molecule has 1 rings (SSSR count). The molecule has 0 fully saturated rings. The van der Waals surface area contributed by atoms with E-state index in [4.69, 9.17) is 5.73 Å². The average Bonchev–Trinajstić information content (AvgIpc) is 2.60. The van der Waals surface area contributed by atoms with Gasteiger partial charge >= 0.3 is 0 Å². The zero-order valence-electron chi connectivity index (χ0n) is 9.20. The summed E-state index contributed by atoms with van der Waals surface area (Å²) in [6, 6.07) is 2.02. The fourth-order valence-corrected chi connectivity index (χ4v) is 1.38. The molecule has 0 aliphatic carbocycles. The summed E-state index contributed by atoms with van der Waals surface area (Å²) in [5.41, 5.74) is 8.09. The Balaban J connectivity index is 2.94. The van der Waals surface area contributed by atoms with Gasteiger partial charge in [-0.3, -0.25) is 4.68 Å². The highest BCUT2D eigenvalue weighted by Crippen LogP contribution is 2.13. The maximum Gasteiger partial charge on any atom is 0.0609 e. The van der Waals surface area contributed by atoms with Crippen molar-refractivity contribution in [3.63, 3.8) is 0 Å². The lowest BCUT2D eigenvalue weighted by Crippen LogP contribution is -2.09. The van der Waals surface area contributed by atoms with Crippen LogP contribution in [0.1, 0.15) is 26.5 Å². The summed E-state index contributed by atoms with van der Waals surface area (Å²) in [5, 5.41) is 4.21. The van der Waals surface area contributed by atoms with Gasteiger partial charge in [-0.2, -0.15) is 5.10 Å². The van der Waals surface area contributed by atoms with Crippen LogP contribution in [0.15, 0.2) is 17.8 Å². The molecule has 3 nitrogen and oxygen atoms in total. The number of nitrogens with zero attached hydrogens (tertiary/aromatic N) is 2. The number of rotatable bonds is 4. The highest BCUT2D eigenvalue weighted by atomic mass is 15.3. The van der Waals surface area contributed by atoms with Crippen LogP contribution in [0.3, 0.4) is 0 Å². The molecule has 0 bridgehead atoms. The quantitative estimate of drug-likeness (QED) is 0.793. The molecular formula is C11H19N3. The van der Waals surface area contributed by atoms with Gasteiger partial charge < -0.3 is 5.73 Å². The van der Waals surface area contributed by atoms with Crippen molar-refractivity contribution in [2.45, 2.75) is 27.3 Å². The number of hydrogen-bond acceptors (Lipinski definition) is 2. The van der Waals surface area contributed by atoms with Crippen LogP contribution in [0.4, 0.5) is 0 Å². The lowest BCUT2D eigenvalue weighted by molar-refractivity contribution is 0.652. The van der Waals surface area contributed by atoms with E-state index in [9.17, 15) is 0 Å². The van der Waals surface area contributed by atoms with Crippen molar-refractivity contribution < 1.29 is 0 Å². The normalized spacial score (nSPS) is 12.5. The van der Waals surface area contributed by atoms with Crippen LogP contribution in [-0.2, 0) is 6.54 Å². The first-order valence-corrected chi connectivity index (χ1v) is 5.11. The Labute approximate surface area is 85.6 Å². The summed E-state index contributed by atoms with van der Waals surface area (Å²) >= 11 is 0. The molecule has 0 saturated carbocycles. The third-order valence-electron chi connectivity index (χ3n) is 2.36. The highest BCUT2D eigenvalue weighted by Gasteiger charge is 2.03. The largest absolute Gasteiger partial charge is 0.327 e. The van der Waals surface area contributed by atoms with Gasteiger partial charge in [0.25, 0.3) is 0 Å². The van der Waals surface area contributed by atoms with Crippen molar-refractivity contribution in [1.82, 2.24) is 9.78 Å². The first-order chi connectivity index (χ1) is 6.69. The van der Waals surface area contributed by atoms with Gasteiger partial charge in [-0.15, -0.1) is 0 Å². The predicted molar refractivity (Wildman–Crippen MR) is 59.8 cm³/mol. The van der Waals surface area contributed by atoms with E-state index in [2.05, 4.69) is 31.9 Å². The minimum atomic E-state index is 0.500. The highest BCUT2D eigenvalue weighted by molar-refractivity contribution is 5.49. The van der Waals surface area contributed by atoms with Crippen LogP contribution in [0.5, 0.6) is 0 Å². The van der Waals surface area contributed by atoms with Gasteiger partial charge in [0.15, 0.2) is 0 Å². The molecule has 3 heteroatoms. The number of hydrogen-bond donors (Lipinski definition) is 1. The first kappa shape index (κ1) is 11.0. The zero-order valence-corrected chi connectivity index (χ0v) is 9.20. The van der Waals surface area contributed by atoms with E-state index in [-0.39, 0.29) is 0 Å². The standard InChI is InChI=1S/C11H19N3/c1-4-14-11(5-6-13-14)7-10(8-12)9(2)3/h5-7,9H,4,8,12H2,1-3H3/b10-7-. The summed E-state index contributed by atoms with van der Waals surface area (Å²) in [6.07, 6.45) is 3.96. The molecular weight excluding hydrogens is 174 g/mol. The summed E-state index contributed by atoms with van der Waals surface area (Å²) < 4.78 is 1.97. The predicted octanol–water partition coefficient (Wildman–Crippen LogP) is 1.90. The Morgan fingerprint density at radius 3 is 2.86 bits per heavy atom. The molecule has 2 N–H and O–H groups in total. The van der Waals surface area contributed by atoms with E-state index in [1.54, 1.807) is 0 Å². The summed E-state index contributed by atoms with van der Waals surface area (Å²) in [4.78, 5) is 0. The smallest absolute Gasteiger partial charge is 0.0609 e. The molecule has 0 saturated heterocycles. The maximum absolute atomic E-state index is 5.68. The van der Waals surface area contributed by atoms with E-state index in [1.807, 2.05) is 16.9 Å². The molecule has 78 valence electrons. The number of aromatic nitrogens is 2. The molecule has 0 atom stereocenters. The molecule has 0 amide bonds. The Hall–Kier alpha value is -1.09. The molecule has 0 aliphatic heterocycles. The molecule has 0 radical (unpaired) electrons. The molecule has 1 heterocycles. The Morgan fingerprint density at radius 1 is 1.64 bits per heavy atom. The van der Waals surface area contributed by atoms with Crippen LogP contribution in [0.2, 0.25) is 0 Å². The van der Waals surface area contributed by atoms with Gasteiger partial charge in [0, 0.05) is 19.3 Å². The van der Waals surface area contributed by atoms with E-state index in [0.29, 0.717) is 12.5 Å². The minimum Gasteiger partial charge on any atom is -0.327 e. The molecule has 0 aliphatic rings. The van der Waals surface area contributed by atoms with Crippen molar-refractivity contribution in [2.24, 2.45) is 11.7 Å². The molecule has 14 heavy (non-hydrogen) atoms. The summed E-state index contributed by atoms with van der Waals surface area (Å²) in [6.45, 7) is 7.92. The summed E-state index contributed by atoms with van der Waals surface area (Å²) in [7, 11) is 0. The van der Waals surface area contributed by atoms with Crippen LogP contribution in [0.25, 0.3) is 6.08 Å². The van der Waals surface area contributed by atoms with Crippen molar-refractivity contribution in [3.05, 3.63) is 23.5 Å². The number of aryl methyl sites for hydroxylation is 1. The second-order valence-corrected chi connectivity index (χ2v) is 3.65. The SMILES string of the molecule is CCn1nccc1/C=C(/CN)C(C)C. The van der Waals surface area contributed by atoms with E-state index >= 15 is 0 Å². The zero-order chi connectivity index (χ0) is 10.6. The lowest BCUT2D eigenvalue weighted by atomic mass is 10.0.